The maximum atomic E-state index is 11.6. The van der Waals surface area contributed by atoms with Crippen molar-refractivity contribution in [2.24, 2.45) is 0 Å². The predicted octanol–water partition coefficient (Wildman–Crippen LogP) is 3.08. The zero-order valence-corrected chi connectivity index (χ0v) is 11.9. The Hall–Kier alpha value is -1.62. The summed E-state index contributed by atoms with van der Waals surface area (Å²) in [4.78, 5) is 16.0. The summed E-state index contributed by atoms with van der Waals surface area (Å²) in [5.74, 6) is 0.273. The van der Waals surface area contributed by atoms with Gasteiger partial charge in [-0.05, 0) is 24.3 Å². The molecule has 1 aliphatic rings. The molecule has 1 fully saturated rings. The quantitative estimate of drug-likeness (QED) is 0.815. The number of ether oxygens (including phenoxy) is 2. The first-order valence-electron chi connectivity index (χ1n) is 5.96. The van der Waals surface area contributed by atoms with Gasteiger partial charge in [0.05, 0.1) is 18.8 Å². The van der Waals surface area contributed by atoms with Crippen molar-refractivity contribution in [1.29, 1.82) is 0 Å². The predicted molar refractivity (Wildman–Crippen MR) is 74.1 cm³/mol. The van der Waals surface area contributed by atoms with Crippen molar-refractivity contribution < 1.29 is 14.3 Å². The number of aromatic nitrogens is 1. The van der Waals surface area contributed by atoms with Crippen molar-refractivity contribution in [2.45, 2.75) is 18.4 Å². The molecule has 0 radical (unpaired) electrons. The van der Waals surface area contributed by atoms with E-state index in [4.69, 9.17) is 9.47 Å². The lowest BCUT2D eigenvalue weighted by molar-refractivity contribution is -0.151. The van der Waals surface area contributed by atoms with Crippen LogP contribution < -0.4 is 4.74 Å². The van der Waals surface area contributed by atoms with E-state index in [0.29, 0.717) is 18.6 Å². The van der Waals surface area contributed by atoms with Crippen molar-refractivity contribution >= 4 is 32.8 Å². The Kier molecular flexibility index (Phi) is 2.93. The van der Waals surface area contributed by atoms with Crippen molar-refractivity contribution in [3.05, 3.63) is 34.9 Å². The van der Waals surface area contributed by atoms with Gasteiger partial charge < -0.3 is 9.47 Å². The number of hydrogen-bond acceptors (Lipinski definition) is 4. The summed E-state index contributed by atoms with van der Waals surface area (Å²) in [5, 5.41) is 0.965. The molecule has 98 valence electrons. The summed E-state index contributed by atoms with van der Waals surface area (Å²) < 4.78 is 11.5. The minimum absolute atomic E-state index is 0.318. The topological polar surface area (TPSA) is 48.4 Å². The summed E-state index contributed by atoms with van der Waals surface area (Å²) in [5.41, 5.74) is 0.0920. The van der Waals surface area contributed by atoms with E-state index in [2.05, 4.69) is 20.9 Å². The Labute approximate surface area is 118 Å². The number of rotatable bonds is 3. The number of benzene rings is 1. The van der Waals surface area contributed by atoms with Crippen molar-refractivity contribution in [1.82, 2.24) is 4.98 Å². The third kappa shape index (κ3) is 2.30. The van der Waals surface area contributed by atoms with Crippen LogP contribution in [0, 0.1) is 0 Å². The standard InChI is InChI=1S/C14H12BrNO3/c1-18-13(17)14(4-5-14)19-11-7-9-6-10(15)2-3-12(9)16-8-11/h2-3,6-8H,4-5H2,1H3. The second-order valence-corrected chi connectivity index (χ2v) is 5.51. The maximum Gasteiger partial charge on any atom is 0.350 e. The van der Waals surface area contributed by atoms with E-state index in [0.717, 1.165) is 15.4 Å². The van der Waals surface area contributed by atoms with Crippen molar-refractivity contribution in [3.8, 4) is 5.75 Å². The van der Waals surface area contributed by atoms with Crippen molar-refractivity contribution in [3.63, 3.8) is 0 Å². The number of methoxy groups -OCH3 is 1. The van der Waals surface area contributed by atoms with Gasteiger partial charge in [-0.1, -0.05) is 15.9 Å². The molecule has 0 bridgehead atoms. The number of esters is 1. The Morgan fingerprint density at radius 2 is 2.16 bits per heavy atom. The first kappa shape index (κ1) is 12.4. The number of nitrogens with zero attached hydrogens (tertiary/aromatic N) is 1. The SMILES string of the molecule is COC(=O)C1(Oc2cnc3ccc(Br)cc3c2)CC1. The first-order chi connectivity index (χ1) is 9.13. The highest BCUT2D eigenvalue weighted by molar-refractivity contribution is 9.10. The summed E-state index contributed by atoms with van der Waals surface area (Å²) >= 11 is 3.42. The molecule has 0 unspecified atom stereocenters. The maximum absolute atomic E-state index is 11.6. The van der Waals surface area contributed by atoms with E-state index >= 15 is 0 Å². The molecule has 5 heteroatoms. The molecule has 0 N–H and O–H groups in total. The van der Waals surface area contributed by atoms with Crippen LogP contribution in [0.4, 0.5) is 0 Å². The molecule has 19 heavy (non-hydrogen) atoms. The molecule has 1 saturated carbocycles. The minimum atomic E-state index is -0.796. The highest BCUT2D eigenvalue weighted by Crippen LogP contribution is 2.41. The lowest BCUT2D eigenvalue weighted by Crippen LogP contribution is -2.30. The molecule has 1 aromatic carbocycles. The van der Waals surface area contributed by atoms with E-state index in [-0.39, 0.29) is 5.97 Å². The second-order valence-electron chi connectivity index (χ2n) is 4.60. The Bertz CT molecular complexity index is 652. The molecule has 0 spiro atoms. The molecule has 4 nitrogen and oxygen atoms in total. The number of fused-ring (bicyclic) bond motifs is 1. The molecule has 0 saturated heterocycles. The van der Waals surface area contributed by atoms with Gasteiger partial charge in [-0.2, -0.15) is 0 Å². The van der Waals surface area contributed by atoms with Gasteiger partial charge in [0, 0.05) is 22.7 Å². The summed E-state index contributed by atoms with van der Waals surface area (Å²) in [6.07, 6.45) is 3.02. The van der Waals surface area contributed by atoms with Crippen LogP contribution in [0.1, 0.15) is 12.8 Å². The van der Waals surface area contributed by atoms with Crippen LogP contribution in [0.3, 0.4) is 0 Å². The van der Waals surface area contributed by atoms with Gasteiger partial charge in [-0.3, -0.25) is 4.98 Å². The van der Waals surface area contributed by atoms with Crippen LogP contribution in [-0.2, 0) is 9.53 Å². The van der Waals surface area contributed by atoms with Gasteiger partial charge in [-0.15, -0.1) is 0 Å². The summed E-state index contributed by atoms with van der Waals surface area (Å²) in [7, 11) is 1.38. The zero-order valence-electron chi connectivity index (χ0n) is 10.4. The van der Waals surface area contributed by atoms with Crippen LogP contribution in [0.5, 0.6) is 5.75 Å². The fourth-order valence-corrected chi connectivity index (χ4v) is 2.39. The van der Waals surface area contributed by atoms with E-state index < -0.39 is 5.60 Å². The highest BCUT2D eigenvalue weighted by Gasteiger charge is 2.54. The third-order valence-corrected chi connectivity index (χ3v) is 3.69. The molecule has 3 rings (SSSR count). The fraction of sp³-hybridized carbons (Fsp3) is 0.286. The number of carbonyl (C=O) groups is 1. The molecule has 1 heterocycles. The smallest absolute Gasteiger partial charge is 0.350 e. The fourth-order valence-electron chi connectivity index (χ4n) is 2.01. The number of hydrogen-bond donors (Lipinski definition) is 0. The summed E-state index contributed by atoms with van der Waals surface area (Å²) in [6.45, 7) is 0. The minimum Gasteiger partial charge on any atom is -0.474 e. The molecular formula is C14H12BrNO3. The first-order valence-corrected chi connectivity index (χ1v) is 6.75. The Morgan fingerprint density at radius 1 is 1.37 bits per heavy atom. The average molecular weight is 322 g/mol. The third-order valence-electron chi connectivity index (χ3n) is 3.19. The Balaban J connectivity index is 1.92. The van der Waals surface area contributed by atoms with E-state index in [1.807, 2.05) is 24.3 Å². The van der Waals surface area contributed by atoms with Crippen LogP contribution in [0.2, 0.25) is 0 Å². The van der Waals surface area contributed by atoms with Crippen LogP contribution >= 0.6 is 15.9 Å². The van der Waals surface area contributed by atoms with Crippen molar-refractivity contribution in [2.75, 3.05) is 7.11 Å². The summed E-state index contributed by atoms with van der Waals surface area (Å²) in [6, 6.07) is 7.71. The Morgan fingerprint density at radius 3 is 2.84 bits per heavy atom. The average Bonchev–Trinajstić information content (AvgIpc) is 3.18. The molecule has 0 aliphatic heterocycles. The molecule has 0 atom stereocenters. The van der Waals surface area contributed by atoms with Crippen LogP contribution in [-0.4, -0.2) is 23.7 Å². The number of halogens is 1. The van der Waals surface area contributed by atoms with Crippen LogP contribution in [0.25, 0.3) is 10.9 Å². The van der Waals surface area contributed by atoms with Gasteiger partial charge in [-0.25, -0.2) is 4.79 Å². The number of pyridine rings is 1. The molecule has 2 aromatic rings. The van der Waals surface area contributed by atoms with Gasteiger partial charge in [0.1, 0.15) is 5.75 Å². The van der Waals surface area contributed by atoms with Gasteiger partial charge in [0.15, 0.2) is 0 Å². The van der Waals surface area contributed by atoms with Gasteiger partial charge in [0.2, 0.25) is 5.60 Å². The molecule has 0 amide bonds. The van der Waals surface area contributed by atoms with E-state index in [9.17, 15) is 4.79 Å². The van der Waals surface area contributed by atoms with Gasteiger partial charge >= 0.3 is 5.97 Å². The lowest BCUT2D eigenvalue weighted by Gasteiger charge is -2.15. The number of carbonyl (C=O) groups excluding carboxylic acids is 1. The normalized spacial score (nSPS) is 16.1. The molecular weight excluding hydrogens is 310 g/mol. The zero-order chi connectivity index (χ0) is 13.5. The second kappa shape index (κ2) is 4.49. The molecule has 1 aliphatic carbocycles. The van der Waals surface area contributed by atoms with E-state index in [1.54, 1.807) is 6.20 Å². The van der Waals surface area contributed by atoms with E-state index in [1.165, 1.54) is 7.11 Å². The van der Waals surface area contributed by atoms with Gasteiger partial charge in [0.25, 0.3) is 0 Å². The largest absolute Gasteiger partial charge is 0.474 e. The monoisotopic (exact) mass is 321 g/mol. The lowest BCUT2D eigenvalue weighted by atomic mass is 10.2. The van der Waals surface area contributed by atoms with Crippen LogP contribution in [0.15, 0.2) is 34.9 Å². The highest BCUT2D eigenvalue weighted by atomic mass is 79.9. The molecule has 1 aromatic heterocycles.